The molecule has 0 aliphatic heterocycles. The lowest BCUT2D eigenvalue weighted by Gasteiger charge is -2.12. The summed E-state index contributed by atoms with van der Waals surface area (Å²) in [6, 6.07) is 5.01. The van der Waals surface area contributed by atoms with Crippen molar-refractivity contribution in [2.45, 2.75) is 25.6 Å². The molecule has 1 aromatic carbocycles. The fourth-order valence-corrected chi connectivity index (χ4v) is 2.15. The van der Waals surface area contributed by atoms with Gasteiger partial charge in [-0.05, 0) is 18.6 Å². The molecule has 0 aliphatic carbocycles. The fraction of sp³-hybridized carbons (Fsp3) is 0.357. The first kappa shape index (κ1) is 14.6. The van der Waals surface area contributed by atoms with Gasteiger partial charge in [0.15, 0.2) is 0 Å². The van der Waals surface area contributed by atoms with Crippen molar-refractivity contribution in [3.63, 3.8) is 0 Å². The second kappa shape index (κ2) is 5.28. The van der Waals surface area contributed by atoms with Gasteiger partial charge in [0.05, 0.1) is 17.4 Å². The van der Waals surface area contributed by atoms with Gasteiger partial charge in [0.1, 0.15) is 0 Å². The topological polar surface area (TPSA) is 38.0 Å². The van der Waals surface area contributed by atoms with Gasteiger partial charge in [0.25, 0.3) is 0 Å². The van der Waals surface area contributed by atoms with Crippen LogP contribution >= 0.6 is 0 Å². The van der Waals surface area contributed by atoms with Gasteiger partial charge in [-0.3, -0.25) is 4.68 Å². The molecule has 0 fully saturated rings. The predicted molar refractivity (Wildman–Crippen MR) is 68.1 cm³/mol. The van der Waals surface area contributed by atoms with Gasteiger partial charge in [-0.2, -0.15) is 18.3 Å². The largest absolute Gasteiger partial charge is 0.416 e. The summed E-state index contributed by atoms with van der Waals surface area (Å²) in [6.07, 6.45) is -3.44. The number of benzene rings is 1. The summed E-state index contributed by atoms with van der Waals surface area (Å²) in [6.45, 7) is 1.75. The standard InChI is InChI=1S/C14H15F3N2O/c1-9-12(8-19(2)18-9)13(20)7-10-4-3-5-11(6-10)14(15,16)17/h3-6,8,13,20H,7H2,1-2H3. The van der Waals surface area contributed by atoms with Crippen molar-refractivity contribution in [2.24, 2.45) is 7.05 Å². The zero-order valence-corrected chi connectivity index (χ0v) is 11.1. The lowest BCUT2D eigenvalue weighted by Crippen LogP contribution is -2.07. The van der Waals surface area contributed by atoms with Gasteiger partial charge in [0.2, 0.25) is 0 Å². The first-order valence-corrected chi connectivity index (χ1v) is 6.11. The number of nitrogens with zero attached hydrogens (tertiary/aromatic N) is 2. The molecule has 1 aromatic heterocycles. The van der Waals surface area contributed by atoms with Gasteiger partial charge in [-0.15, -0.1) is 0 Å². The summed E-state index contributed by atoms with van der Waals surface area (Å²) >= 11 is 0. The Morgan fingerprint density at radius 2 is 2.05 bits per heavy atom. The van der Waals surface area contributed by atoms with E-state index in [-0.39, 0.29) is 6.42 Å². The van der Waals surface area contributed by atoms with Crippen LogP contribution in [0.3, 0.4) is 0 Å². The molecular formula is C14H15F3N2O. The molecule has 1 heterocycles. The van der Waals surface area contributed by atoms with Gasteiger partial charge in [-0.1, -0.05) is 18.2 Å². The lowest BCUT2D eigenvalue weighted by molar-refractivity contribution is -0.137. The predicted octanol–water partition coefficient (Wildman–Crippen LogP) is 3.02. The molecule has 108 valence electrons. The Morgan fingerprint density at radius 3 is 2.60 bits per heavy atom. The molecule has 1 unspecified atom stereocenters. The lowest BCUT2D eigenvalue weighted by atomic mass is 10.0. The molecule has 0 saturated carbocycles. The van der Waals surface area contributed by atoms with E-state index in [1.165, 1.54) is 6.07 Å². The molecule has 2 aromatic rings. The van der Waals surface area contributed by atoms with E-state index in [0.717, 1.165) is 12.1 Å². The highest BCUT2D eigenvalue weighted by Gasteiger charge is 2.30. The summed E-state index contributed by atoms with van der Waals surface area (Å²) < 4.78 is 39.4. The third kappa shape index (κ3) is 3.19. The smallest absolute Gasteiger partial charge is 0.388 e. The number of aliphatic hydroxyl groups is 1. The highest BCUT2D eigenvalue weighted by Crippen LogP contribution is 2.30. The number of aliphatic hydroxyl groups excluding tert-OH is 1. The highest BCUT2D eigenvalue weighted by atomic mass is 19.4. The van der Waals surface area contributed by atoms with Crippen molar-refractivity contribution < 1.29 is 18.3 Å². The number of hydrogen-bond acceptors (Lipinski definition) is 2. The minimum atomic E-state index is -4.37. The number of alkyl halides is 3. The number of aromatic nitrogens is 2. The van der Waals surface area contributed by atoms with Gasteiger partial charge in [-0.25, -0.2) is 0 Å². The molecule has 0 radical (unpaired) electrons. The van der Waals surface area contributed by atoms with E-state index in [9.17, 15) is 18.3 Å². The van der Waals surface area contributed by atoms with E-state index in [2.05, 4.69) is 5.10 Å². The molecular weight excluding hydrogens is 269 g/mol. The van der Waals surface area contributed by atoms with Crippen LogP contribution in [0.2, 0.25) is 0 Å². The Balaban J connectivity index is 2.20. The van der Waals surface area contributed by atoms with E-state index in [0.29, 0.717) is 16.8 Å². The zero-order valence-electron chi connectivity index (χ0n) is 11.1. The highest BCUT2D eigenvalue weighted by molar-refractivity contribution is 5.28. The molecule has 20 heavy (non-hydrogen) atoms. The maximum absolute atomic E-state index is 12.6. The maximum Gasteiger partial charge on any atom is 0.416 e. The molecule has 0 aliphatic rings. The molecule has 0 spiro atoms. The number of aryl methyl sites for hydroxylation is 2. The second-order valence-electron chi connectivity index (χ2n) is 4.76. The number of hydrogen-bond donors (Lipinski definition) is 1. The second-order valence-corrected chi connectivity index (χ2v) is 4.76. The number of rotatable bonds is 3. The summed E-state index contributed by atoms with van der Waals surface area (Å²) in [5.74, 6) is 0. The van der Waals surface area contributed by atoms with E-state index in [1.807, 2.05) is 0 Å². The number of halogens is 3. The molecule has 6 heteroatoms. The molecule has 1 N–H and O–H groups in total. The van der Waals surface area contributed by atoms with Crippen LogP contribution in [-0.2, 0) is 19.6 Å². The van der Waals surface area contributed by atoms with Crippen LogP contribution in [-0.4, -0.2) is 14.9 Å². The van der Waals surface area contributed by atoms with Crippen LogP contribution in [0.4, 0.5) is 13.2 Å². The Hall–Kier alpha value is -1.82. The average Bonchev–Trinajstić information content (AvgIpc) is 2.68. The normalized spacial score (nSPS) is 13.5. The van der Waals surface area contributed by atoms with Crippen molar-refractivity contribution in [3.8, 4) is 0 Å². The molecule has 1 atom stereocenters. The maximum atomic E-state index is 12.6. The van der Waals surface area contributed by atoms with Crippen LogP contribution in [0.5, 0.6) is 0 Å². The van der Waals surface area contributed by atoms with E-state index < -0.39 is 17.8 Å². The quantitative estimate of drug-likeness (QED) is 0.940. The Kier molecular flexibility index (Phi) is 3.85. The van der Waals surface area contributed by atoms with Crippen LogP contribution in [0.1, 0.15) is 28.5 Å². The van der Waals surface area contributed by atoms with Crippen molar-refractivity contribution in [3.05, 3.63) is 52.8 Å². The van der Waals surface area contributed by atoms with E-state index >= 15 is 0 Å². The first-order chi connectivity index (χ1) is 9.27. The summed E-state index contributed by atoms with van der Waals surface area (Å²) in [5.41, 5.74) is 1.04. The van der Waals surface area contributed by atoms with Crippen molar-refractivity contribution in [1.82, 2.24) is 9.78 Å². The third-order valence-corrected chi connectivity index (χ3v) is 3.09. The zero-order chi connectivity index (χ0) is 14.9. The van der Waals surface area contributed by atoms with Gasteiger partial charge < -0.3 is 5.11 Å². The minimum Gasteiger partial charge on any atom is -0.388 e. The van der Waals surface area contributed by atoms with Crippen molar-refractivity contribution >= 4 is 0 Å². The van der Waals surface area contributed by atoms with Gasteiger partial charge >= 0.3 is 6.18 Å². The van der Waals surface area contributed by atoms with Crippen LogP contribution in [0.15, 0.2) is 30.5 Å². The monoisotopic (exact) mass is 284 g/mol. The molecule has 0 bridgehead atoms. The van der Waals surface area contributed by atoms with Crippen molar-refractivity contribution in [1.29, 1.82) is 0 Å². The van der Waals surface area contributed by atoms with Crippen LogP contribution in [0, 0.1) is 6.92 Å². The molecule has 2 rings (SSSR count). The summed E-state index contributed by atoms with van der Waals surface area (Å²) in [5, 5.41) is 14.2. The van der Waals surface area contributed by atoms with Crippen LogP contribution in [0.25, 0.3) is 0 Å². The first-order valence-electron chi connectivity index (χ1n) is 6.11. The fourth-order valence-electron chi connectivity index (χ4n) is 2.15. The molecule has 3 nitrogen and oxygen atoms in total. The Labute approximate surface area is 114 Å². The Morgan fingerprint density at radius 1 is 1.35 bits per heavy atom. The molecule has 0 amide bonds. The van der Waals surface area contributed by atoms with Crippen LogP contribution < -0.4 is 0 Å². The summed E-state index contributed by atoms with van der Waals surface area (Å²) in [7, 11) is 1.73. The van der Waals surface area contributed by atoms with Gasteiger partial charge in [0, 0.05) is 25.2 Å². The molecule has 0 saturated heterocycles. The SMILES string of the molecule is Cc1nn(C)cc1C(O)Cc1cccc(C(F)(F)F)c1. The van der Waals surface area contributed by atoms with E-state index in [1.54, 1.807) is 30.9 Å². The van der Waals surface area contributed by atoms with Crippen molar-refractivity contribution in [2.75, 3.05) is 0 Å². The minimum absolute atomic E-state index is 0.121. The Bertz CT molecular complexity index is 605. The summed E-state index contributed by atoms with van der Waals surface area (Å²) in [4.78, 5) is 0. The van der Waals surface area contributed by atoms with E-state index in [4.69, 9.17) is 0 Å². The average molecular weight is 284 g/mol. The third-order valence-electron chi connectivity index (χ3n) is 3.09.